The minimum absolute atomic E-state index is 0.00918. The second-order valence-corrected chi connectivity index (χ2v) is 7.67. The minimum atomic E-state index is -0.247. The van der Waals surface area contributed by atoms with Crippen molar-refractivity contribution in [2.75, 3.05) is 0 Å². The van der Waals surface area contributed by atoms with Crippen LogP contribution in [-0.2, 0) is 13.0 Å². The van der Waals surface area contributed by atoms with E-state index in [0.29, 0.717) is 0 Å². The van der Waals surface area contributed by atoms with Crippen LogP contribution in [-0.4, -0.2) is 16.0 Å². The van der Waals surface area contributed by atoms with E-state index in [1.807, 2.05) is 20.8 Å². The van der Waals surface area contributed by atoms with E-state index in [9.17, 15) is 4.79 Å². The summed E-state index contributed by atoms with van der Waals surface area (Å²) in [6.07, 6.45) is 0.939. The van der Waals surface area contributed by atoms with Crippen molar-refractivity contribution >= 4 is 5.91 Å². The molecule has 2 rings (SSSR count). The fraction of sp³-hybridized carbons (Fsp3) is 0.476. The van der Waals surface area contributed by atoms with E-state index < -0.39 is 0 Å². The molecule has 130 valence electrons. The van der Waals surface area contributed by atoms with Crippen LogP contribution in [0, 0.1) is 20.8 Å². The molecule has 0 aliphatic rings. The zero-order valence-electron chi connectivity index (χ0n) is 16.1. The van der Waals surface area contributed by atoms with Gasteiger partial charge in [-0.1, -0.05) is 36.8 Å². The van der Waals surface area contributed by atoms with Crippen molar-refractivity contribution in [2.45, 2.75) is 67.0 Å². The summed E-state index contributed by atoms with van der Waals surface area (Å²) >= 11 is 0. The zero-order chi connectivity index (χ0) is 18.1. The lowest BCUT2D eigenvalue weighted by atomic mass is 10.1. The molecule has 0 aliphatic carbocycles. The molecule has 0 saturated heterocycles. The van der Waals surface area contributed by atoms with Gasteiger partial charge in [-0.3, -0.25) is 4.79 Å². The van der Waals surface area contributed by atoms with E-state index in [1.54, 1.807) is 0 Å². The molecule has 1 aromatic heterocycles. The van der Waals surface area contributed by atoms with E-state index in [0.717, 1.165) is 24.2 Å². The first kappa shape index (κ1) is 18.3. The summed E-state index contributed by atoms with van der Waals surface area (Å²) in [5.74, 6) is 0.00918. The third kappa shape index (κ3) is 3.89. The predicted octanol–water partition coefficient (Wildman–Crippen LogP) is 4.55. The summed E-state index contributed by atoms with van der Waals surface area (Å²) in [5.41, 5.74) is 6.58. The fourth-order valence-corrected chi connectivity index (χ4v) is 3.23. The quantitative estimate of drug-likeness (QED) is 0.878. The Kier molecular flexibility index (Phi) is 5.22. The predicted molar refractivity (Wildman–Crippen MR) is 101 cm³/mol. The van der Waals surface area contributed by atoms with E-state index in [1.165, 1.54) is 22.4 Å². The number of aryl methyl sites for hydroxylation is 1. The average Bonchev–Trinajstić information content (AvgIpc) is 2.70. The molecule has 2 aromatic rings. The number of amides is 1. The van der Waals surface area contributed by atoms with Gasteiger partial charge in [-0.05, 0) is 64.7 Å². The molecule has 24 heavy (non-hydrogen) atoms. The number of carbonyl (C=O) groups is 1. The van der Waals surface area contributed by atoms with Gasteiger partial charge in [0.05, 0.1) is 0 Å². The molecule has 0 aliphatic heterocycles. The summed E-state index contributed by atoms with van der Waals surface area (Å²) in [6, 6.07) is 8.52. The average molecular weight is 326 g/mol. The van der Waals surface area contributed by atoms with E-state index >= 15 is 0 Å². The number of aromatic nitrogens is 1. The normalized spacial score (nSPS) is 11.6. The highest BCUT2D eigenvalue weighted by atomic mass is 16.2. The largest absolute Gasteiger partial charge is 0.346 e. The molecule has 0 atom stereocenters. The smallest absolute Gasteiger partial charge is 0.268 e. The van der Waals surface area contributed by atoms with Crippen LogP contribution < -0.4 is 5.32 Å². The van der Waals surface area contributed by atoms with Gasteiger partial charge in [-0.2, -0.15) is 0 Å². The molecule has 0 saturated carbocycles. The maximum atomic E-state index is 12.9. The molecule has 0 bridgehead atoms. The van der Waals surface area contributed by atoms with Crippen LogP contribution in [0.1, 0.15) is 66.1 Å². The van der Waals surface area contributed by atoms with Crippen LogP contribution in [0.2, 0.25) is 0 Å². The first-order valence-electron chi connectivity index (χ1n) is 8.70. The Morgan fingerprint density at radius 2 is 1.67 bits per heavy atom. The third-order valence-electron chi connectivity index (χ3n) is 4.44. The number of hydrogen-bond donors (Lipinski definition) is 1. The monoisotopic (exact) mass is 326 g/mol. The van der Waals surface area contributed by atoms with Gasteiger partial charge in [0.15, 0.2) is 0 Å². The lowest BCUT2D eigenvalue weighted by molar-refractivity contribution is 0.0909. The van der Waals surface area contributed by atoms with E-state index in [4.69, 9.17) is 0 Å². The molecular formula is C21H30N2O. The highest BCUT2D eigenvalue weighted by Crippen LogP contribution is 2.24. The van der Waals surface area contributed by atoms with Gasteiger partial charge in [-0.25, -0.2) is 0 Å². The molecule has 0 spiro atoms. The molecule has 1 amide bonds. The standard InChI is InChI=1S/C21H30N2O/c1-8-18-15(3)19(20(24)22-21(5,6)7)23(16(18)4)13-17-11-9-14(2)10-12-17/h9-12H,8,13H2,1-7H3,(H,22,24). The summed E-state index contributed by atoms with van der Waals surface area (Å²) in [4.78, 5) is 12.9. The van der Waals surface area contributed by atoms with Crippen molar-refractivity contribution in [2.24, 2.45) is 0 Å². The molecule has 1 N–H and O–H groups in total. The van der Waals surface area contributed by atoms with Gasteiger partial charge in [0.1, 0.15) is 5.69 Å². The van der Waals surface area contributed by atoms with E-state index in [2.05, 4.69) is 61.8 Å². The van der Waals surface area contributed by atoms with Gasteiger partial charge in [0, 0.05) is 17.8 Å². The van der Waals surface area contributed by atoms with Gasteiger partial charge < -0.3 is 9.88 Å². The molecular weight excluding hydrogens is 296 g/mol. The van der Waals surface area contributed by atoms with Crippen molar-refractivity contribution in [3.63, 3.8) is 0 Å². The van der Waals surface area contributed by atoms with Crippen molar-refractivity contribution < 1.29 is 4.79 Å². The first-order valence-corrected chi connectivity index (χ1v) is 8.70. The lowest BCUT2D eigenvalue weighted by Crippen LogP contribution is -2.41. The van der Waals surface area contributed by atoms with Gasteiger partial charge in [-0.15, -0.1) is 0 Å². The molecule has 0 fully saturated rings. The van der Waals surface area contributed by atoms with Crippen LogP contribution in [0.4, 0.5) is 0 Å². The Labute approximate surface area is 146 Å². The van der Waals surface area contributed by atoms with Crippen molar-refractivity contribution in [3.8, 4) is 0 Å². The number of nitrogens with one attached hydrogen (secondary N) is 1. The maximum absolute atomic E-state index is 12.9. The second-order valence-electron chi connectivity index (χ2n) is 7.67. The summed E-state index contributed by atoms with van der Waals surface area (Å²) < 4.78 is 2.17. The molecule has 1 aromatic carbocycles. The first-order chi connectivity index (χ1) is 11.1. The van der Waals surface area contributed by atoms with Crippen LogP contribution in [0.5, 0.6) is 0 Å². The maximum Gasteiger partial charge on any atom is 0.268 e. The Balaban J connectivity index is 2.48. The number of rotatable bonds is 4. The van der Waals surface area contributed by atoms with Crippen LogP contribution in [0.25, 0.3) is 0 Å². The number of hydrogen-bond acceptors (Lipinski definition) is 1. The highest BCUT2D eigenvalue weighted by molar-refractivity contribution is 5.95. The van der Waals surface area contributed by atoms with E-state index in [-0.39, 0.29) is 11.4 Å². The second kappa shape index (κ2) is 6.84. The van der Waals surface area contributed by atoms with Gasteiger partial charge in [0.2, 0.25) is 0 Å². The lowest BCUT2D eigenvalue weighted by Gasteiger charge is -2.22. The minimum Gasteiger partial charge on any atom is -0.346 e. The number of carbonyl (C=O) groups excluding carboxylic acids is 1. The van der Waals surface area contributed by atoms with Crippen molar-refractivity contribution in [1.82, 2.24) is 9.88 Å². The summed E-state index contributed by atoms with van der Waals surface area (Å²) in [5, 5.41) is 3.12. The Morgan fingerprint density at radius 1 is 1.08 bits per heavy atom. The topological polar surface area (TPSA) is 34.0 Å². The zero-order valence-corrected chi connectivity index (χ0v) is 16.1. The fourth-order valence-electron chi connectivity index (χ4n) is 3.23. The Bertz CT molecular complexity index is 731. The van der Waals surface area contributed by atoms with Crippen molar-refractivity contribution in [1.29, 1.82) is 0 Å². The number of nitrogens with zero attached hydrogens (tertiary/aromatic N) is 1. The molecule has 1 heterocycles. The highest BCUT2D eigenvalue weighted by Gasteiger charge is 2.24. The molecule has 3 heteroatoms. The van der Waals surface area contributed by atoms with Crippen molar-refractivity contribution in [3.05, 3.63) is 57.9 Å². The third-order valence-corrected chi connectivity index (χ3v) is 4.44. The van der Waals surface area contributed by atoms with Crippen LogP contribution in [0.3, 0.4) is 0 Å². The van der Waals surface area contributed by atoms with Gasteiger partial charge in [0.25, 0.3) is 5.91 Å². The number of benzene rings is 1. The van der Waals surface area contributed by atoms with Gasteiger partial charge >= 0.3 is 0 Å². The van der Waals surface area contributed by atoms with Crippen LogP contribution in [0.15, 0.2) is 24.3 Å². The Hall–Kier alpha value is -2.03. The Morgan fingerprint density at radius 3 is 2.17 bits per heavy atom. The molecule has 0 unspecified atom stereocenters. The van der Waals surface area contributed by atoms with Crippen LogP contribution >= 0.6 is 0 Å². The summed E-state index contributed by atoms with van der Waals surface area (Å²) in [7, 11) is 0. The SMILES string of the molecule is CCc1c(C)c(C(=O)NC(C)(C)C)n(Cc2ccc(C)cc2)c1C. The molecule has 3 nitrogen and oxygen atoms in total. The summed E-state index contributed by atoms with van der Waals surface area (Å²) in [6.45, 7) is 15.2. The molecule has 0 radical (unpaired) electrons.